The van der Waals surface area contributed by atoms with Gasteiger partial charge in [-0.05, 0) is 24.5 Å². The van der Waals surface area contributed by atoms with Crippen LogP contribution in [0.1, 0.15) is 26.3 Å². The van der Waals surface area contributed by atoms with Crippen molar-refractivity contribution in [2.24, 2.45) is 5.92 Å². The second-order valence-electron chi connectivity index (χ2n) is 4.35. The highest BCUT2D eigenvalue weighted by atomic mass is 35.5. The first-order valence-corrected chi connectivity index (χ1v) is 6.31. The van der Waals surface area contributed by atoms with Gasteiger partial charge in [-0.3, -0.25) is 4.79 Å². The van der Waals surface area contributed by atoms with Crippen LogP contribution in [0.5, 0.6) is 0 Å². The topological polar surface area (TPSA) is 26.3 Å². The lowest BCUT2D eigenvalue weighted by molar-refractivity contribution is -0.132. The van der Waals surface area contributed by atoms with Crippen molar-refractivity contribution in [1.82, 2.24) is 0 Å². The Morgan fingerprint density at radius 1 is 1.35 bits per heavy atom. The highest BCUT2D eigenvalue weighted by Gasteiger charge is 2.22. The van der Waals surface area contributed by atoms with E-state index in [4.69, 9.17) is 16.3 Å². The van der Waals surface area contributed by atoms with Gasteiger partial charge in [0.1, 0.15) is 6.10 Å². The number of hydrogen-bond acceptors (Lipinski definition) is 2. The summed E-state index contributed by atoms with van der Waals surface area (Å²) in [6, 6.07) is 7.43. The van der Waals surface area contributed by atoms with Crippen molar-refractivity contribution in [3.05, 3.63) is 34.9 Å². The number of ketones is 1. The van der Waals surface area contributed by atoms with Crippen LogP contribution in [0.25, 0.3) is 0 Å². The molecule has 0 aromatic heterocycles. The summed E-state index contributed by atoms with van der Waals surface area (Å²) in [5.41, 5.74) is 0.865. The van der Waals surface area contributed by atoms with Crippen molar-refractivity contribution in [3.8, 4) is 0 Å². The Morgan fingerprint density at radius 3 is 2.53 bits per heavy atom. The van der Waals surface area contributed by atoms with Gasteiger partial charge in [-0.15, -0.1) is 0 Å². The first-order valence-electron chi connectivity index (χ1n) is 5.94. The molecule has 1 unspecified atom stereocenters. The average molecular weight is 255 g/mol. The molecule has 0 fully saturated rings. The monoisotopic (exact) mass is 254 g/mol. The molecule has 0 spiro atoms. The predicted octanol–water partition coefficient (Wildman–Crippen LogP) is 3.51. The maximum atomic E-state index is 12.1. The zero-order chi connectivity index (χ0) is 12.8. The van der Waals surface area contributed by atoms with E-state index in [1.165, 1.54) is 0 Å². The van der Waals surface area contributed by atoms with E-state index in [1.807, 2.05) is 39.0 Å². The maximum Gasteiger partial charge on any atom is 0.166 e. The van der Waals surface area contributed by atoms with Gasteiger partial charge in [0.15, 0.2) is 5.78 Å². The van der Waals surface area contributed by atoms with Gasteiger partial charge in [-0.2, -0.15) is 0 Å². The second kappa shape index (κ2) is 6.77. The molecule has 0 amide bonds. The van der Waals surface area contributed by atoms with E-state index in [2.05, 4.69) is 0 Å². The molecule has 1 rings (SSSR count). The highest BCUT2D eigenvalue weighted by molar-refractivity contribution is 6.31. The number of carbonyl (C=O) groups excluding carboxylic acids is 1. The van der Waals surface area contributed by atoms with Crippen LogP contribution in [-0.2, 0) is 16.0 Å². The normalized spacial score (nSPS) is 12.8. The lowest BCUT2D eigenvalue weighted by atomic mass is 9.98. The van der Waals surface area contributed by atoms with Crippen molar-refractivity contribution >= 4 is 17.4 Å². The largest absolute Gasteiger partial charge is 0.370 e. The summed E-state index contributed by atoms with van der Waals surface area (Å²) >= 11 is 6.04. The van der Waals surface area contributed by atoms with Gasteiger partial charge in [0.25, 0.3) is 0 Å². The Balaban J connectivity index is 2.73. The lowest BCUT2D eigenvalue weighted by Crippen LogP contribution is -2.31. The number of benzene rings is 1. The third-order valence-electron chi connectivity index (χ3n) is 2.59. The van der Waals surface area contributed by atoms with E-state index in [1.54, 1.807) is 6.07 Å². The zero-order valence-electron chi connectivity index (χ0n) is 10.6. The lowest BCUT2D eigenvalue weighted by Gasteiger charge is -2.19. The van der Waals surface area contributed by atoms with Crippen molar-refractivity contribution in [2.45, 2.75) is 33.3 Å². The SMILES string of the molecule is CCOC(C(=O)Cc1ccccc1Cl)C(C)C. The molecule has 0 bridgehead atoms. The number of halogens is 1. The van der Waals surface area contributed by atoms with Crippen molar-refractivity contribution in [1.29, 1.82) is 0 Å². The van der Waals surface area contributed by atoms with Crippen LogP contribution in [0.4, 0.5) is 0 Å². The minimum atomic E-state index is -0.337. The van der Waals surface area contributed by atoms with E-state index in [9.17, 15) is 4.79 Å². The van der Waals surface area contributed by atoms with Crippen molar-refractivity contribution in [3.63, 3.8) is 0 Å². The van der Waals surface area contributed by atoms with E-state index >= 15 is 0 Å². The predicted molar refractivity (Wildman–Crippen MR) is 70.4 cm³/mol. The minimum Gasteiger partial charge on any atom is -0.370 e. The molecular weight excluding hydrogens is 236 g/mol. The molecular formula is C14H19ClO2. The number of Topliss-reactive ketones (excluding diaryl/α,β-unsaturated/α-hetero) is 1. The molecule has 0 aliphatic carbocycles. The molecule has 1 aromatic carbocycles. The van der Waals surface area contributed by atoms with Crippen LogP contribution in [0.15, 0.2) is 24.3 Å². The number of ether oxygens (including phenoxy) is 1. The summed E-state index contributed by atoms with van der Waals surface area (Å²) in [7, 11) is 0. The molecule has 17 heavy (non-hydrogen) atoms. The first-order chi connectivity index (χ1) is 8.06. The van der Waals surface area contributed by atoms with Gasteiger partial charge < -0.3 is 4.74 Å². The van der Waals surface area contributed by atoms with Gasteiger partial charge in [-0.1, -0.05) is 43.6 Å². The van der Waals surface area contributed by atoms with Gasteiger partial charge in [0.2, 0.25) is 0 Å². The van der Waals surface area contributed by atoms with Crippen LogP contribution in [0.3, 0.4) is 0 Å². The minimum absolute atomic E-state index is 0.0925. The van der Waals surface area contributed by atoms with Crippen molar-refractivity contribution in [2.75, 3.05) is 6.61 Å². The van der Waals surface area contributed by atoms with E-state index < -0.39 is 0 Å². The average Bonchev–Trinajstić information content (AvgIpc) is 2.28. The smallest absolute Gasteiger partial charge is 0.166 e. The second-order valence-corrected chi connectivity index (χ2v) is 4.76. The van der Waals surface area contributed by atoms with Gasteiger partial charge >= 0.3 is 0 Å². The number of carbonyl (C=O) groups is 1. The fourth-order valence-electron chi connectivity index (χ4n) is 1.77. The van der Waals surface area contributed by atoms with Crippen LogP contribution in [-0.4, -0.2) is 18.5 Å². The molecule has 0 saturated heterocycles. The Morgan fingerprint density at radius 2 is 2.00 bits per heavy atom. The van der Waals surface area contributed by atoms with Crippen LogP contribution in [0.2, 0.25) is 5.02 Å². The van der Waals surface area contributed by atoms with E-state index in [0.29, 0.717) is 18.1 Å². The van der Waals surface area contributed by atoms with Gasteiger partial charge in [0.05, 0.1) is 0 Å². The summed E-state index contributed by atoms with van der Waals surface area (Å²) in [4.78, 5) is 12.1. The summed E-state index contributed by atoms with van der Waals surface area (Å²) in [5.74, 6) is 0.278. The first kappa shape index (κ1) is 14.2. The van der Waals surface area contributed by atoms with Crippen molar-refractivity contribution < 1.29 is 9.53 Å². The summed E-state index contributed by atoms with van der Waals surface area (Å²) in [6.07, 6.45) is -0.000951. The molecule has 0 saturated carbocycles. The van der Waals surface area contributed by atoms with Crippen LogP contribution >= 0.6 is 11.6 Å². The summed E-state index contributed by atoms with van der Waals surface area (Å²) < 4.78 is 5.48. The molecule has 3 heteroatoms. The Kier molecular flexibility index (Phi) is 5.66. The third kappa shape index (κ3) is 4.14. The van der Waals surface area contributed by atoms with Gasteiger partial charge in [-0.25, -0.2) is 0 Å². The van der Waals surface area contributed by atoms with E-state index in [-0.39, 0.29) is 17.8 Å². The molecule has 1 aromatic rings. The molecule has 2 nitrogen and oxygen atoms in total. The Hall–Kier alpha value is -0.860. The highest BCUT2D eigenvalue weighted by Crippen LogP contribution is 2.18. The summed E-state index contributed by atoms with van der Waals surface area (Å²) in [5, 5.41) is 0.639. The molecule has 0 radical (unpaired) electrons. The fraction of sp³-hybridized carbons (Fsp3) is 0.500. The molecule has 0 aliphatic heterocycles. The molecule has 0 N–H and O–H groups in total. The number of hydrogen-bond donors (Lipinski definition) is 0. The maximum absolute atomic E-state index is 12.1. The molecule has 0 heterocycles. The Bertz CT molecular complexity index is 374. The van der Waals surface area contributed by atoms with E-state index in [0.717, 1.165) is 5.56 Å². The van der Waals surface area contributed by atoms with Crippen LogP contribution < -0.4 is 0 Å². The standard InChI is InChI=1S/C14H19ClO2/c1-4-17-14(10(2)3)13(16)9-11-7-5-6-8-12(11)15/h5-8,10,14H,4,9H2,1-3H3. The summed E-state index contributed by atoms with van der Waals surface area (Å²) in [6.45, 7) is 6.44. The fourth-order valence-corrected chi connectivity index (χ4v) is 1.97. The zero-order valence-corrected chi connectivity index (χ0v) is 11.3. The molecule has 94 valence electrons. The van der Waals surface area contributed by atoms with Gasteiger partial charge in [0, 0.05) is 18.1 Å². The molecule has 1 atom stereocenters. The molecule has 0 aliphatic rings. The number of rotatable bonds is 6. The van der Waals surface area contributed by atoms with Crippen LogP contribution in [0, 0.1) is 5.92 Å². The Labute approximate surface area is 108 Å². The third-order valence-corrected chi connectivity index (χ3v) is 2.96. The quantitative estimate of drug-likeness (QED) is 0.777.